The third-order valence-electron chi connectivity index (χ3n) is 5.05. The first-order valence-electron chi connectivity index (χ1n) is 10.6. The zero-order valence-electron chi connectivity index (χ0n) is 17.3. The summed E-state index contributed by atoms with van der Waals surface area (Å²) in [6.07, 6.45) is 16.7. The van der Waals surface area contributed by atoms with Gasteiger partial charge in [0.2, 0.25) is 0 Å². The Bertz CT molecular complexity index is 296. The van der Waals surface area contributed by atoms with Crippen LogP contribution in [0.5, 0.6) is 0 Å². The summed E-state index contributed by atoms with van der Waals surface area (Å²) >= 11 is 0. The standard InChI is InChI=1S/C22H44O2/c1-6-8-9-10-11-12-13-14-15-18-21(23)24-22(4,5)19-16-17-20(3)7-2/h20H,6-19H2,1-5H3. The third-order valence-corrected chi connectivity index (χ3v) is 5.05. The molecule has 0 aliphatic carbocycles. The van der Waals surface area contributed by atoms with Gasteiger partial charge >= 0.3 is 5.97 Å². The molecule has 24 heavy (non-hydrogen) atoms. The van der Waals surface area contributed by atoms with E-state index in [4.69, 9.17) is 4.74 Å². The van der Waals surface area contributed by atoms with E-state index in [-0.39, 0.29) is 11.6 Å². The van der Waals surface area contributed by atoms with Crippen molar-refractivity contribution in [2.75, 3.05) is 0 Å². The maximum Gasteiger partial charge on any atom is 0.306 e. The summed E-state index contributed by atoms with van der Waals surface area (Å²) < 4.78 is 5.69. The van der Waals surface area contributed by atoms with E-state index in [1.807, 2.05) is 0 Å². The number of carbonyl (C=O) groups excluding carboxylic acids is 1. The van der Waals surface area contributed by atoms with Gasteiger partial charge in [0.25, 0.3) is 0 Å². The van der Waals surface area contributed by atoms with Gasteiger partial charge in [0, 0.05) is 6.42 Å². The van der Waals surface area contributed by atoms with Crippen LogP contribution in [0.3, 0.4) is 0 Å². The SMILES string of the molecule is CCCCCCCCCCCC(=O)OC(C)(C)CCCC(C)CC. The van der Waals surface area contributed by atoms with Crippen molar-refractivity contribution in [2.24, 2.45) is 5.92 Å². The number of hydrogen-bond acceptors (Lipinski definition) is 2. The van der Waals surface area contributed by atoms with E-state index < -0.39 is 0 Å². The van der Waals surface area contributed by atoms with Crippen molar-refractivity contribution >= 4 is 5.97 Å². The van der Waals surface area contributed by atoms with Gasteiger partial charge in [0.15, 0.2) is 0 Å². The quantitative estimate of drug-likeness (QED) is 0.215. The van der Waals surface area contributed by atoms with Crippen LogP contribution in [0.2, 0.25) is 0 Å². The second-order valence-electron chi connectivity index (χ2n) is 8.22. The molecule has 0 aliphatic heterocycles. The summed E-state index contributed by atoms with van der Waals surface area (Å²) in [4.78, 5) is 12.0. The zero-order chi connectivity index (χ0) is 18.3. The Morgan fingerprint density at radius 3 is 1.96 bits per heavy atom. The molecule has 1 atom stereocenters. The van der Waals surface area contributed by atoms with Gasteiger partial charge in [0.05, 0.1) is 0 Å². The van der Waals surface area contributed by atoms with Crippen LogP contribution in [0.15, 0.2) is 0 Å². The predicted octanol–water partition coefficient (Wildman–Crippen LogP) is 7.45. The van der Waals surface area contributed by atoms with Crippen molar-refractivity contribution in [1.29, 1.82) is 0 Å². The van der Waals surface area contributed by atoms with Gasteiger partial charge < -0.3 is 4.74 Å². The van der Waals surface area contributed by atoms with Gasteiger partial charge in [-0.05, 0) is 39.0 Å². The summed E-state index contributed by atoms with van der Waals surface area (Å²) in [5.74, 6) is 0.768. The van der Waals surface area contributed by atoms with E-state index in [0.717, 1.165) is 31.6 Å². The molecule has 0 bridgehead atoms. The summed E-state index contributed by atoms with van der Waals surface area (Å²) in [6.45, 7) is 10.9. The van der Waals surface area contributed by atoms with Crippen LogP contribution in [0, 0.1) is 5.92 Å². The Hall–Kier alpha value is -0.530. The molecule has 0 saturated heterocycles. The number of ether oxygens (including phenoxy) is 1. The first-order valence-corrected chi connectivity index (χ1v) is 10.6. The van der Waals surface area contributed by atoms with E-state index in [1.165, 1.54) is 57.8 Å². The molecule has 0 N–H and O–H groups in total. The van der Waals surface area contributed by atoms with Gasteiger partial charge in [-0.15, -0.1) is 0 Å². The minimum Gasteiger partial charge on any atom is -0.460 e. The predicted molar refractivity (Wildman–Crippen MR) is 105 cm³/mol. The molecule has 2 heteroatoms. The summed E-state index contributed by atoms with van der Waals surface area (Å²) in [5.41, 5.74) is -0.302. The molecule has 0 aromatic heterocycles. The molecule has 0 amide bonds. The normalized spacial score (nSPS) is 13.0. The maximum absolute atomic E-state index is 12.0. The third kappa shape index (κ3) is 15.0. The van der Waals surface area contributed by atoms with Crippen LogP contribution >= 0.6 is 0 Å². The van der Waals surface area contributed by atoms with Gasteiger partial charge in [-0.1, -0.05) is 85.0 Å². The number of esters is 1. The van der Waals surface area contributed by atoms with Crippen LogP contribution in [-0.4, -0.2) is 11.6 Å². The van der Waals surface area contributed by atoms with Gasteiger partial charge in [-0.2, -0.15) is 0 Å². The molecular formula is C22H44O2. The molecule has 0 aromatic carbocycles. The molecule has 1 unspecified atom stereocenters. The topological polar surface area (TPSA) is 26.3 Å². The van der Waals surface area contributed by atoms with E-state index >= 15 is 0 Å². The van der Waals surface area contributed by atoms with Crippen molar-refractivity contribution in [1.82, 2.24) is 0 Å². The largest absolute Gasteiger partial charge is 0.460 e. The molecular weight excluding hydrogens is 296 g/mol. The van der Waals surface area contributed by atoms with Crippen LogP contribution in [-0.2, 0) is 9.53 Å². The van der Waals surface area contributed by atoms with Gasteiger partial charge in [0.1, 0.15) is 5.60 Å². The van der Waals surface area contributed by atoms with E-state index in [2.05, 4.69) is 34.6 Å². The Morgan fingerprint density at radius 2 is 1.42 bits per heavy atom. The zero-order valence-corrected chi connectivity index (χ0v) is 17.3. The Labute approximate surface area is 152 Å². The minimum atomic E-state index is -0.302. The van der Waals surface area contributed by atoms with Crippen molar-refractivity contribution < 1.29 is 9.53 Å². The second-order valence-corrected chi connectivity index (χ2v) is 8.22. The lowest BCUT2D eigenvalue weighted by Gasteiger charge is -2.25. The fraction of sp³-hybridized carbons (Fsp3) is 0.955. The monoisotopic (exact) mass is 340 g/mol. The van der Waals surface area contributed by atoms with Crippen LogP contribution in [0.4, 0.5) is 0 Å². The molecule has 0 rings (SSSR count). The second kappa shape index (κ2) is 14.8. The smallest absolute Gasteiger partial charge is 0.306 e. The van der Waals surface area contributed by atoms with E-state index in [0.29, 0.717) is 6.42 Å². The average Bonchev–Trinajstić information content (AvgIpc) is 2.52. The Kier molecular flexibility index (Phi) is 14.5. The van der Waals surface area contributed by atoms with E-state index in [1.54, 1.807) is 0 Å². The van der Waals surface area contributed by atoms with Crippen LogP contribution in [0.25, 0.3) is 0 Å². The van der Waals surface area contributed by atoms with Gasteiger partial charge in [-0.3, -0.25) is 4.79 Å². The fourth-order valence-electron chi connectivity index (χ4n) is 3.07. The highest BCUT2D eigenvalue weighted by Crippen LogP contribution is 2.22. The van der Waals surface area contributed by atoms with Crippen molar-refractivity contribution in [2.45, 2.75) is 130 Å². The average molecular weight is 341 g/mol. The Morgan fingerprint density at radius 1 is 0.875 bits per heavy atom. The number of hydrogen-bond donors (Lipinski definition) is 0. The molecule has 0 aliphatic rings. The molecule has 0 heterocycles. The lowest BCUT2D eigenvalue weighted by Crippen LogP contribution is -2.28. The molecule has 0 spiro atoms. The number of rotatable bonds is 16. The van der Waals surface area contributed by atoms with Crippen LogP contribution in [0.1, 0.15) is 125 Å². The maximum atomic E-state index is 12.0. The first kappa shape index (κ1) is 23.5. The molecule has 0 saturated carbocycles. The Balaban J connectivity index is 3.59. The molecule has 2 nitrogen and oxygen atoms in total. The molecule has 0 radical (unpaired) electrons. The van der Waals surface area contributed by atoms with Crippen molar-refractivity contribution in [3.8, 4) is 0 Å². The number of carbonyl (C=O) groups is 1. The lowest BCUT2D eigenvalue weighted by molar-refractivity contribution is -0.157. The lowest BCUT2D eigenvalue weighted by atomic mass is 9.95. The van der Waals surface area contributed by atoms with Gasteiger partial charge in [-0.25, -0.2) is 0 Å². The minimum absolute atomic E-state index is 0.00788. The van der Waals surface area contributed by atoms with Crippen molar-refractivity contribution in [3.63, 3.8) is 0 Å². The molecule has 0 aromatic rings. The molecule has 144 valence electrons. The van der Waals surface area contributed by atoms with Crippen molar-refractivity contribution in [3.05, 3.63) is 0 Å². The summed E-state index contributed by atoms with van der Waals surface area (Å²) in [6, 6.07) is 0. The highest BCUT2D eigenvalue weighted by molar-refractivity contribution is 5.69. The molecule has 0 fully saturated rings. The summed E-state index contributed by atoms with van der Waals surface area (Å²) in [7, 11) is 0. The van der Waals surface area contributed by atoms with E-state index in [9.17, 15) is 4.79 Å². The first-order chi connectivity index (χ1) is 11.4. The van der Waals surface area contributed by atoms with Crippen LogP contribution < -0.4 is 0 Å². The highest BCUT2D eigenvalue weighted by atomic mass is 16.6. The highest BCUT2D eigenvalue weighted by Gasteiger charge is 2.22. The summed E-state index contributed by atoms with van der Waals surface area (Å²) in [5, 5.41) is 0. The fourth-order valence-corrected chi connectivity index (χ4v) is 3.07. The number of unbranched alkanes of at least 4 members (excludes halogenated alkanes) is 8.